The Kier molecular flexibility index (Phi) is 3.20. The van der Waals surface area contributed by atoms with E-state index in [0.717, 1.165) is 0 Å². The molecule has 0 aromatic heterocycles. The van der Waals surface area contributed by atoms with Gasteiger partial charge in [-0.1, -0.05) is 18.9 Å². The highest BCUT2D eigenvalue weighted by Gasteiger charge is 1.96. The molecule has 9 heavy (non-hydrogen) atoms. The second-order valence-corrected chi connectivity index (χ2v) is 3.22. The van der Waals surface area contributed by atoms with Crippen molar-refractivity contribution in [3.8, 4) is 0 Å². The maximum Gasteiger partial charge on any atom is -0.0224 e. The number of hydrogen-bond donors (Lipinski definition) is 1. The molecule has 0 saturated carbocycles. The minimum atomic E-state index is 1.21. The van der Waals surface area contributed by atoms with Gasteiger partial charge in [0.25, 0.3) is 0 Å². The highest BCUT2D eigenvalue weighted by Crippen LogP contribution is 2.18. The molecular formula is C8H14S. The average Bonchev–Trinajstić information content (AvgIpc) is 1.79. The third kappa shape index (κ3) is 2.95. The first-order valence-corrected chi connectivity index (χ1v) is 4.22. The standard InChI is InChI=1S/C8H14S/c9-8-6-4-2-1-3-5-7-8/h6,9H,1-5,7H2. The minimum absolute atomic E-state index is 1.21. The van der Waals surface area contributed by atoms with Crippen LogP contribution in [-0.4, -0.2) is 0 Å². The predicted octanol–water partition coefficient (Wildman–Crippen LogP) is 3.15. The van der Waals surface area contributed by atoms with E-state index in [9.17, 15) is 0 Å². The van der Waals surface area contributed by atoms with E-state index in [0.29, 0.717) is 0 Å². The van der Waals surface area contributed by atoms with E-state index in [-0.39, 0.29) is 0 Å². The van der Waals surface area contributed by atoms with Crippen LogP contribution in [0.1, 0.15) is 38.5 Å². The van der Waals surface area contributed by atoms with Crippen molar-refractivity contribution in [2.75, 3.05) is 0 Å². The largest absolute Gasteiger partial charge is 0.148 e. The van der Waals surface area contributed by atoms with Crippen LogP contribution in [0.25, 0.3) is 0 Å². The van der Waals surface area contributed by atoms with Gasteiger partial charge in [0.15, 0.2) is 0 Å². The maximum atomic E-state index is 4.34. The zero-order valence-corrected chi connectivity index (χ0v) is 6.66. The first kappa shape index (κ1) is 7.20. The van der Waals surface area contributed by atoms with Crippen LogP contribution < -0.4 is 0 Å². The highest BCUT2D eigenvalue weighted by atomic mass is 32.1. The maximum absolute atomic E-state index is 4.34. The molecule has 0 saturated heterocycles. The van der Waals surface area contributed by atoms with Crippen LogP contribution in [-0.2, 0) is 0 Å². The van der Waals surface area contributed by atoms with Gasteiger partial charge in [0, 0.05) is 0 Å². The lowest BCUT2D eigenvalue weighted by Gasteiger charge is -2.04. The Morgan fingerprint density at radius 1 is 1.11 bits per heavy atom. The van der Waals surface area contributed by atoms with Gasteiger partial charge in [0.1, 0.15) is 0 Å². The van der Waals surface area contributed by atoms with Crippen molar-refractivity contribution in [1.82, 2.24) is 0 Å². The van der Waals surface area contributed by atoms with Gasteiger partial charge >= 0.3 is 0 Å². The van der Waals surface area contributed by atoms with Gasteiger partial charge in [-0.25, -0.2) is 0 Å². The van der Waals surface area contributed by atoms with Crippen LogP contribution in [0.5, 0.6) is 0 Å². The van der Waals surface area contributed by atoms with Crippen molar-refractivity contribution < 1.29 is 0 Å². The molecule has 0 radical (unpaired) electrons. The molecule has 1 rings (SSSR count). The van der Waals surface area contributed by atoms with E-state index < -0.39 is 0 Å². The number of thiol groups is 1. The molecule has 1 aliphatic carbocycles. The molecule has 0 aromatic rings. The van der Waals surface area contributed by atoms with Crippen LogP contribution in [0.3, 0.4) is 0 Å². The van der Waals surface area contributed by atoms with Crippen molar-refractivity contribution >= 4 is 12.6 Å². The third-order valence-electron chi connectivity index (χ3n) is 1.77. The summed E-state index contributed by atoms with van der Waals surface area (Å²) >= 11 is 4.34. The highest BCUT2D eigenvalue weighted by molar-refractivity contribution is 7.84. The lowest BCUT2D eigenvalue weighted by molar-refractivity contribution is 0.635. The summed E-state index contributed by atoms with van der Waals surface area (Å²) in [6.07, 6.45) is 10.2. The molecule has 0 unspecified atom stereocenters. The minimum Gasteiger partial charge on any atom is -0.148 e. The van der Waals surface area contributed by atoms with E-state index in [1.165, 1.54) is 43.4 Å². The first-order valence-electron chi connectivity index (χ1n) is 3.77. The van der Waals surface area contributed by atoms with E-state index in [1.54, 1.807) is 0 Å². The topological polar surface area (TPSA) is 0 Å². The summed E-state index contributed by atoms with van der Waals surface area (Å²) in [5.41, 5.74) is 0. The molecule has 0 aromatic carbocycles. The van der Waals surface area contributed by atoms with Crippen LogP contribution in [0.2, 0.25) is 0 Å². The van der Waals surface area contributed by atoms with Gasteiger partial charge < -0.3 is 0 Å². The Hall–Kier alpha value is 0.0900. The van der Waals surface area contributed by atoms with Gasteiger partial charge in [-0.05, 0) is 30.6 Å². The quantitative estimate of drug-likeness (QED) is 0.493. The van der Waals surface area contributed by atoms with Gasteiger partial charge in [-0.15, -0.1) is 12.6 Å². The van der Waals surface area contributed by atoms with Crippen molar-refractivity contribution in [3.63, 3.8) is 0 Å². The second kappa shape index (κ2) is 3.99. The van der Waals surface area contributed by atoms with Crippen LogP contribution >= 0.6 is 12.6 Å². The van der Waals surface area contributed by atoms with E-state index in [2.05, 4.69) is 18.7 Å². The van der Waals surface area contributed by atoms with Crippen LogP contribution in [0.4, 0.5) is 0 Å². The molecule has 0 atom stereocenters. The van der Waals surface area contributed by atoms with Gasteiger partial charge in [-0.3, -0.25) is 0 Å². The first-order chi connectivity index (χ1) is 4.39. The molecular weight excluding hydrogens is 128 g/mol. The summed E-state index contributed by atoms with van der Waals surface area (Å²) in [4.78, 5) is 1.30. The Morgan fingerprint density at radius 2 is 1.89 bits per heavy atom. The molecule has 0 amide bonds. The molecule has 1 aliphatic rings. The number of rotatable bonds is 0. The molecule has 0 fully saturated rings. The lowest BCUT2D eigenvalue weighted by Crippen LogP contribution is -1.84. The molecule has 0 N–H and O–H groups in total. The predicted molar refractivity (Wildman–Crippen MR) is 44.8 cm³/mol. The summed E-state index contributed by atoms with van der Waals surface area (Å²) in [6, 6.07) is 0. The van der Waals surface area contributed by atoms with Crippen molar-refractivity contribution in [1.29, 1.82) is 0 Å². The van der Waals surface area contributed by atoms with Crippen LogP contribution in [0, 0.1) is 0 Å². The van der Waals surface area contributed by atoms with Crippen molar-refractivity contribution in [3.05, 3.63) is 11.0 Å². The molecule has 0 aliphatic heterocycles. The van der Waals surface area contributed by atoms with E-state index >= 15 is 0 Å². The van der Waals surface area contributed by atoms with Crippen molar-refractivity contribution in [2.45, 2.75) is 38.5 Å². The Morgan fingerprint density at radius 3 is 2.78 bits per heavy atom. The Balaban J connectivity index is 2.32. The molecule has 0 heterocycles. The fourth-order valence-electron chi connectivity index (χ4n) is 1.17. The summed E-state index contributed by atoms with van der Waals surface area (Å²) in [6.45, 7) is 0. The molecule has 52 valence electrons. The average molecular weight is 142 g/mol. The summed E-state index contributed by atoms with van der Waals surface area (Å²) in [7, 11) is 0. The van der Waals surface area contributed by atoms with Gasteiger partial charge in [0.2, 0.25) is 0 Å². The normalized spacial score (nSPS) is 22.1. The zero-order valence-electron chi connectivity index (χ0n) is 5.77. The monoisotopic (exact) mass is 142 g/mol. The Bertz CT molecular complexity index is 105. The fourth-order valence-corrected chi connectivity index (χ4v) is 1.46. The van der Waals surface area contributed by atoms with E-state index in [4.69, 9.17) is 0 Å². The van der Waals surface area contributed by atoms with Crippen LogP contribution in [0.15, 0.2) is 11.0 Å². The smallest absolute Gasteiger partial charge is 0.0224 e. The summed E-state index contributed by atoms with van der Waals surface area (Å²) in [5, 5.41) is 0. The lowest BCUT2D eigenvalue weighted by atomic mass is 10.1. The van der Waals surface area contributed by atoms with Gasteiger partial charge in [0.05, 0.1) is 0 Å². The second-order valence-electron chi connectivity index (χ2n) is 2.65. The third-order valence-corrected chi connectivity index (χ3v) is 2.17. The SMILES string of the molecule is SC1=CCCCCCC1. The van der Waals surface area contributed by atoms with E-state index in [1.807, 2.05) is 0 Å². The fraction of sp³-hybridized carbons (Fsp3) is 0.750. The Labute approximate surface area is 62.8 Å². The number of allylic oxidation sites excluding steroid dienone is 2. The summed E-state index contributed by atoms with van der Waals surface area (Å²) in [5.74, 6) is 0. The molecule has 1 heteroatoms. The number of hydrogen-bond acceptors (Lipinski definition) is 1. The molecule has 0 spiro atoms. The van der Waals surface area contributed by atoms with Gasteiger partial charge in [-0.2, -0.15) is 0 Å². The van der Waals surface area contributed by atoms with Crippen molar-refractivity contribution in [2.24, 2.45) is 0 Å². The zero-order chi connectivity index (χ0) is 6.53. The molecule has 0 bridgehead atoms. The summed E-state index contributed by atoms with van der Waals surface area (Å²) < 4.78 is 0. The molecule has 0 nitrogen and oxygen atoms in total.